The second kappa shape index (κ2) is 4.57. The zero-order chi connectivity index (χ0) is 12.3. The number of carbonyl (C=O) groups is 2. The zero-order valence-corrected chi connectivity index (χ0v) is 9.76. The van der Waals surface area contributed by atoms with Crippen LogP contribution in [0.15, 0.2) is 12.3 Å². The fraction of sp³-hybridized carbons (Fsp3) is 0.400. The van der Waals surface area contributed by atoms with Gasteiger partial charge in [-0.05, 0) is 19.9 Å². The van der Waals surface area contributed by atoms with Crippen molar-refractivity contribution in [2.75, 3.05) is 0 Å². The molecule has 0 aliphatic heterocycles. The van der Waals surface area contributed by atoms with Crippen molar-refractivity contribution in [1.82, 2.24) is 10.3 Å². The first-order valence-corrected chi connectivity index (χ1v) is 5.06. The molecule has 0 saturated carbocycles. The summed E-state index contributed by atoms with van der Waals surface area (Å²) in [5.74, 6) is -1.34. The minimum Gasteiger partial charge on any atom is -0.481 e. The van der Waals surface area contributed by atoms with Gasteiger partial charge in [-0.2, -0.15) is 0 Å². The fourth-order valence-corrected chi connectivity index (χ4v) is 1.46. The Bertz CT molecular complexity index is 412. The van der Waals surface area contributed by atoms with Gasteiger partial charge < -0.3 is 15.4 Å². The first-order chi connectivity index (χ1) is 7.30. The van der Waals surface area contributed by atoms with Crippen LogP contribution >= 0.6 is 11.6 Å². The molecular formula is C10H13ClN2O3. The highest BCUT2D eigenvalue weighted by molar-refractivity contribution is 6.30. The van der Waals surface area contributed by atoms with E-state index < -0.39 is 11.5 Å². The van der Waals surface area contributed by atoms with E-state index in [1.165, 1.54) is 12.3 Å². The molecule has 0 radical (unpaired) electrons. The van der Waals surface area contributed by atoms with E-state index in [4.69, 9.17) is 16.7 Å². The lowest BCUT2D eigenvalue weighted by Gasteiger charge is -2.23. The number of rotatable bonds is 4. The summed E-state index contributed by atoms with van der Waals surface area (Å²) in [6.07, 6.45) is 1.34. The fourth-order valence-electron chi connectivity index (χ4n) is 1.30. The summed E-state index contributed by atoms with van der Waals surface area (Å²) in [5, 5.41) is 11.7. The third kappa shape index (κ3) is 3.58. The van der Waals surface area contributed by atoms with Crippen LogP contribution in [0.2, 0.25) is 5.02 Å². The lowest BCUT2D eigenvalue weighted by Crippen LogP contribution is -2.45. The Hall–Kier alpha value is -1.49. The van der Waals surface area contributed by atoms with Gasteiger partial charge in [-0.25, -0.2) is 0 Å². The van der Waals surface area contributed by atoms with Gasteiger partial charge in [0.1, 0.15) is 5.69 Å². The summed E-state index contributed by atoms with van der Waals surface area (Å²) >= 11 is 5.65. The Kier molecular flexibility index (Phi) is 3.59. The Morgan fingerprint density at radius 3 is 2.62 bits per heavy atom. The predicted octanol–water partition coefficient (Wildman–Crippen LogP) is 1.65. The van der Waals surface area contributed by atoms with Crippen LogP contribution in [0.3, 0.4) is 0 Å². The Morgan fingerprint density at radius 2 is 2.19 bits per heavy atom. The molecule has 0 unspecified atom stereocenters. The third-order valence-corrected chi connectivity index (χ3v) is 2.16. The van der Waals surface area contributed by atoms with E-state index in [1.54, 1.807) is 13.8 Å². The maximum absolute atomic E-state index is 11.7. The highest BCUT2D eigenvalue weighted by Gasteiger charge is 2.24. The van der Waals surface area contributed by atoms with E-state index in [0.29, 0.717) is 10.7 Å². The van der Waals surface area contributed by atoms with Crippen molar-refractivity contribution in [3.8, 4) is 0 Å². The molecule has 1 rings (SSSR count). The van der Waals surface area contributed by atoms with E-state index in [1.807, 2.05) is 0 Å². The maximum Gasteiger partial charge on any atom is 0.305 e. The molecule has 0 aliphatic carbocycles. The number of hydrogen-bond donors (Lipinski definition) is 3. The van der Waals surface area contributed by atoms with Gasteiger partial charge in [-0.1, -0.05) is 11.6 Å². The van der Waals surface area contributed by atoms with Gasteiger partial charge in [0.05, 0.1) is 11.4 Å². The molecule has 0 spiro atoms. The minimum atomic E-state index is -0.963. The minimum absolute atomic E-state index is 0.146. The highest BCUT2D eigenvalue weighted by Crippen LogP contribution is 2.12. The van der Waals surface area contributed by atoms with Crippen molar-refractivity contribution in [2.45, 2.75) is 25.8 Å². The van der Waals surface area contributed by atoms with Crippen LogP contribution in [-0.2, 0) is 4.79 Å². The molecule has 0 aromatic carbocycles. The summed E-state index contributed by atoms with van der Waals surface area (Å²) in [5.41, 5.74) is -0.496. The normalized spacial score (nSPS) is 11.2. The average Bonchev–Trinajstić information content (AvgIpc) is 2.47. The molecule has 88 valence electrons. The van der Waals surface area contributed by atoms with Crippen LogP contribution < -0.4 is 5.32 Å². The molecule has 0 saturated heterocycles. The van der Waals surface area contributed by atoms with Crippen LogP contribution in [0.1, 0.15) is 30.8 Å². The van der Waals surface area contributed by atoms with E-state index in [9.17, 15) is 9.59 Å². The van der Waals surface area contributed by atoms with Crippen molar-refractivity contribution >= 4 is 23.5 Å². The van der Waals surface area contributed by atoms with Crippen LogP contribution in [-0.4, -0.2) is 27.5 Å². The smallest absolute Gasteiger partial charge is 0.305 e. The summed E-state index contributed by atoms with van der Waals surface area (Å²) in [4.78, 5) is 24.9. The lowest BCUT2D eigenvalue weighted by atomic mass is 10.0. The number of nitrogens with one attached hydrogen (secondary N) is 2. The number of carbonyl (C=O) groups excluding carboxylic acids is 1. The van der Waals surface area contributed by atoms with Crippen molar-refractivity contribution in [3.63, 3.8) is 0 Å². The zero-order valence-electron chi connectivity index (χ0n) is 9.00. The molecule has 0 bridgehead atoms. The first kappa shape index (κ1) is 12.6. The summed E-state index contributed by atoms with van der Waals surface area (Å²) in [7, 11) is 0. The quantitative estimate of drug-likeness (QED) is 0.753. The summed E-state index contributed by atoms with van der Waals surface area (Å²) < 4.78 is 0. The van der Waals surface area contributed by atoms with Gasteiger partial charge in [0.2, 0.25) is 0 Å². The van der Waals surface area contributed by atoms with E-state index in [2.05, 4.69) is 10.3 Å². The molecule has 6 heteroatoms. The molecule has 1 aromatic heterocycles. The number of aliphatic carboxylic acids is 1. The van der Waals surface area contributed by atoms with Gasteiger partial charge in [-0.3, -0.25) is 9.59 Å². The number of halogens is 1. The van der Waals surface area contributed by atoms with Crippen LogP contribution in [0.5, 0.6) is 0 Å². The molecule has 0 aliphatic rings. The topological polar surface area (TPSA) is 82.2 Å². The van der Waals surface area contributed by atoms with Crippen LogP contribution in [0, 0.1) is 0 Å². The van der Waals surface area contributed by atoms with Gasteiger partial charge in [0, 0.05) is 11.7 Å². The molecule has 1 aromatic rings. The van der Waals surface area contributed by atoms with Gasteiger partial charge in [-0.15, -0.1) is 0 Å². The molecule has 5 nitrogen and oxygen atoms in total. The molecule has 1 amide bonds. The van der Waals surface area contributed by atoms with Crippen LogP contribution in [0.25, 0.3) is 0 Å². The number of H-pyrrole nitrogens is 1. The van der Waals surface area contributed by atoms with Crippen molar-refractivity contribution in [2.24, 2.45) is 0 Å². The van der Waals surface area contributed by atoms with E-state index in [-0.39, 0.29) is 12.3 Å². The molecule has 0 fully saturated rings. The number of amides is 1. The van der Waals surface area contributed by atoms with Crippen molar-refractivity contribution in [1.29, 1.82) is 0 Å². The molecular weight excluding hydrogens is 232 g/mol. The maximum atomic E-state index is 11.7. The van der Waals surface area contributed by atoms with Gasteiger partial charge in [0.15, 0.2) is 0 Å². The summed E-state index contributed by atoms with van der Waals surface area (Å²) in [6, 6.07) is 1.48. The number of hydrogen-bond acceptors (Lipinski definition) is 2. The second-order valence-corrected chi connectivity index (χ2v) is 4.58. The third-order valence-electron chi connectivity index (χ3n) is 1.94. The number of aromatic nitrogens is 1. The molecule has 16 heavy (non-hydrogen) atoms. The standard InChI is InChI=1S/C10H13ClN2O3/c1-10(2,4-8(14)15)13-9(16)7-3-6(11)5-12-7/h3,5,12H,4H2,1-2H3,(H,13,16)(H,14,15). The Balaban J connectivity index is 2.67. The van der Waals surface area contributed by atoms with Crippen LogP contribution in [0.4, 0.5) is 0 Å². The lowest BCUT2D eigenvalue weighted by molar-refractivity contribution is -0.138. The first-order valence-electron chi connectivity index (χ1n) is 4.68. The average molecular weight is 245 g/mol. The predicted molar refractivity (Wildman–Crippen MR) is 59.6 cm³/mol. The monoisotopic (exact) mass is 244 g/mol. The second-order valence-electron chi connectivity index (χ2n) is 4.14. The number of carboxylic acid groups (broad SMARTS) is 1. The van der Waals surface area contributed by atoms with Gasteiger partial charge >= 0.3 is 5.97 Å². The van der Waals surface area contributed by atoms with Gasteiger partial charge in [0.25, 0.3) is 5.91 Å². The van der Waals surface area contributed by atoms with Crippen molar-refractivity contribution < 1.29 is 14.7 Å². The van der Waals surface area contributed by atoms with E-state index in [0.717, 1.165) is 0 Å². The highest BCUT2D eigenvalue weighted by atomic mass is 35.5. The Labute approximate surface area is 97.8 Å². The SMILES string of the molecule is CC(C)(CC(=O)O)NC(=O)c1cc(Cl)c[nH]1. The summed E-state index contributed by atoms with van der Waals surface area (Å²) in [6.45, 7) is 3.28. The molecule has 1 heterocycles. The molecule has 0 atom stereocenters. The molecule has 3 N–H and O–H groups in total. The Morgan fingerprint density at radius 1 is 1.56 bits per heavy atom. The van der Waals surface area contributed by atoms with Crippen molar-refractivity contribution in [3.05, 3.63) is 23.0 Å². The van der Waals surface area contributed by atoms with E-state index >= 15 is 0 Å². The largest absolute Gasteiger partial charge is 0.481 e. The number of carboxylic acids is 1. The number of aromatic amines is 1.